The first-order valence-corrected chi connectivity index (χ1v) is 10.0. The molecule has 0 atom stereocenters. The molecule has 5 heteroatoms. The molecule has 0 spiro atoms. The second-order valence-electron chi connectivity index (χ2n) is 6.82. The molecule has 0 bridgehead atoms. The molecule has 1 saturated heterocycles. The second kappa shape index (κ2) is 6.32. The van der Waals surface area contributed by atoms with Gasteiger partial charge in [-0.25, -0.2) is 4.98 Å². The molecule has 1 aromatic carbocycles. The van der Waals surface area contributed by atoms with E-state index in [1.165, 1.54) is 48.3 Å². The molecular formula is C20H22N4S. The molecule has 1 aliphatic rings. The van der Waals surface area contributed by atoms with Crippen LogP contribution in [0.1, 0.15) is 19.3 Å². The Morgan fingerprint density at radius 1 is 0.920 bits per heavy atom. The van der Waals surface area contributed by atoms with E-state index >= 15 is 0 Å². The number of para-hydroxylation sites is 2. The van der Waals surface area contributed by atoms with Gasteiger partial charge in [0, 0.05) is 19.3 Å². The summed E-state index contributed by atoms with van der Waals surface area (Å²) < 4.78 is 4.64. The van der Waals surface area contributed by atoms with E-state index < -0.39 is 0 Å². The maximum atomic E-state index is 4.97. The van der Waals surface area contributed by atoms with Crippen LogP contribution in [0.15, 0.2) is 48.0 Å². The van der Waals surface area contributed by atoms with E-state index in [2.05, 4.69) is 61.8 Å². The predicted molar refractivity (Wildman–Crippen MR) is 104 cm³/mol. The summed E-state index contributed by atoms with van der Waals surface area (Å²) in [5.41, 5.74) is 3.59. The van der Waals surface area contributed by atoms with Crippen molar-refractivity contribution in [3.63, 3.8) is 0 Å². The molecule has 4 heterocycles. The number of nitrogens with zero attached hydrogens (tertiary/aromatic N) is 4. The first kappa shape index (κ1) is 15.2. The third-order valence-electron chi connectivity index (χ3n) is 5.22. The number of thiophene rings is 1. The highest BCUT2D eigenvalue weighted by Crippen LogP contribution is 2.28. The highest BCUT2D eigenvalue weighted by molar-refractivity contribution is 7.13. The number of hydrogen-bond acceptors (Lipinski definition) is 3. The highest BCUT2D eigenvalue weighted by Gasteiger charge is 2.16. The molecule has 3 aromatic heterocycles. The standard InChI is InChI=1S/C20H22N4S/c1-4-10-22(11-5-1)12-13-23-17-7-2-3-8-18(17)24-15-16(21-20(23)24)19-9-6-14-25-19/h2-3,6-9,14-15H,1,4-5,10-13H2. The van der Waals surface area contributed by atoms with Crippen molar-refractivity contribution in [2.24, 2.45) is 0 Å². The van der Waals surface area contributed by atoms with Crippen LogP contribution in [0.4, 0.5) is 0 Å². The molecule has 0 radical (unpaired) electrons. The minimum absolute atomic E-state index is 0.998. The first-order valence-electron chi connectivity index (χ1n) is 9.13. The average Bonchev–Trinajstić information content (AvgIpc) is 3.37. The molecule has 0 amide bonds. The molecule has 0 N–H and O–H groups in total. The lowest BCUT2D eigenvalue weighted by Gasteiger charge is -2.26. The van der Waals surface area contributed by atoms with E-state index in [0.29, 0.717) is 0 Å². The van der Waals surface area contributed by atoms with Crippen LogP contribution < -0.4 is 0 Å². The second-order valence-corrected chi connectivity index (χ2v) is 7.76. The Bertz CT molecular complexity index is 990. The molecule has 1 aliphatic heterocycles. The zero-order valence-corrected chi connectivity index (χ0v) is 15.1. The van der Waals surface area contributed by atoms with Crippen molar-refractivity contribution in [2.45, 2.75) is 25.8 Å². The van der Waals surface area contributed by atoms with Crippen LogP contribution in [0.5, 0.6) is 0 Å². The summed E-state index contributed by atoms with van der Waals surface area (Å²) in [7, 11) is 0. The Kier molecular flexibility index (Phi) is 3.83. The van der Waals surface area contributed by atoms with Crippen molar-refractivity contribution in [3.8, 4) is 10.6 Å². The molecule has 1 fully saturated rings. The van der Waals surface area contributed by atoms with E-state index in [9.17, 15) is 0 Å². The number of piperidine rings is 1. The molecule has 5 rings (SSSR count). The van der Waals surface area contributed by atoms with Crippen molar-refractivity contribution in [3.05, 3.63) is 48.0 Å². The van der Waals surface area contributed by atoms with Crippen LogP contribution in [0.2, 0.25) is 0 Å². The lowest BCUT2D eigenvalue weighted by atomic mass is 10.1. The molecule has 0 saturated carbocycles. The van der Waals surface area contributed by atoms with Crippen LogP contribution >= 0.6 is 11.3 Å². The number of aromatic nitrogens is 3. The van der Waals surface area contributed by atoms with Crippen molar-refractivity contribution < 1.29 is 0 Å². The van der Waals surface area contributed by atoms with Gasteiger partial charge in [-0.1, -0.05) is 24.6 Å². The van der Waals surface area contributed by atoms with E-state index in [0.717, 1.165) is 24.6 Å². The summed E-state index contributed by atoms with van der Waals surface area (Å²) >= 11 is 1.75. The summed E-state index contributed by atoms with van der Waals surface area (Å²) in [5, 5.41) is 2.11. The van der Waals surface area contributed by atoms with Gasteiger partial charge in [0.15, 0.2) is 0 Å². The van der Waals surface area contributed by atoms with Gasteiger partial charge in [0.2, 0.25) is 5.78 Å². The fourth-order valence-corrected chi connectivity index (χ4v) is 4.61. The van der Waals surface area contributed by atoms with Crippen molar-refractivity contribution >= 4 is 28.1 Å². The quantitative estimate of drug-likeness (QED) is 0.541. The molecular weight excluding hydrogens is 328 g/mol. The van der Waals surface area contributed by atoms with Gasteiger partial charge in [0.1, 0.15) is 5.69 Å². The lowest BCUT2D eigenvalue weighted by Crippen LogP contribution is -2.32. The van der Waals surface area contributed by atoms with Crippen molar-refractivity contribution in [2.75, 3.05) is 19.6 Å². The van der Waals surface area contributed by atoms with E-state index in [1.54, 1.807) is 11.3 Å². The van der Waals surface area contributed by atoms with Crippen molar-refractivity contribution in [1.29, 1.82) is 0 Å². The zero-order valence-electron chi connectivity index (χ0n) is 14.3. The number of likely N-dealkylation sites (tertiary alicyclic amines) is 1. The average molecular weight is 350 g/mol. The maximum absolute atomic E-state index is 4.97. The predicted octanol–water partition coefficient (Wildman–Crippen LogP) is 4.50. The van der Waals surface area contributed by atoms with Gasteiger partial charge in [-0.15, -0.1) is 11.3 Å². The molecule has 4 nitrogen and oxygen atoms in total. The van der Waals surface area contributed by atoms with Crippen LogP contribution in [-0.2, 0) is 6.54 Å². The fourth-order valence-electron chi connectivity index (χ4n) is 3.93. The van der Waals surface area contributed by atoms with Crippen molar-refractivity contribution in [1.82, 2.24) is 18.9 Å². The van der Waals surface area contributed by atoms with Crippen LogP contribution in [0, 0.1) is 0 Å². The lowest BCUT2D eigenvalue weighted by molar-refractivity contribution is 0.222. The highest BCUT2D eigenvalue weighted by atomic mass is 32.1. The summed E-state index contributed by atoms with van der Waals surface area (Å²) in [5.74, 6) is 1.06. The Morgan fingerprint density at radius 2 is 1.76 bits per heavy atom. The molecule has 0 unspecified atom stereocenters. The minimum atomic E-state index is 0.998. The SMILES string of the molecule is c1csc(-c2cn3c4ccccc4n(CCN4CCCCC4)c3n2)c1. The van der Waals surface area contributed by atoms with Gasteiger partial charge in [-0.05, 0) is 49.5 Å². The number of rotatable bonds is 4. The van der Waals surface area contributed by atoms with Gasteiger partial charge in [-0.2, -0.15) is 0 Å². The Hall–Kier alpha value is -2.11. The number of hydrogen-bond donors (Lipinski definition) is 0. The van der Waals surface area contributed by atoms with E-state index in [4.69, 9.17) is 4.98 Å². The number of imidazole rings is 2. The smallest absolute Gasteiger partial charge is 0.215 e. The zero-order chi connectivity index (χ0) is 16.6. The van der Waals surface area contributed by atoms with Gasteiger partial charge in [-0.3, -0.25) is 4.40 Å². The normalized spacial score (nSPS) is 16.2. The summed E-state index contributed by atoms with van der Waals surface area (Å²) in [4.78, 5) is 8.80. The Labute approximate surface area is 151 Å². The summed E-state index contributed by atoms with van der Waals surface area (Å²) in [6, 6.07) is 12.9. The molecule has 0 aliphatic carbocycles. The minimum Gasteiger partial charge on any atom is -0.308 e. The van der Waals surface area contributed by atoms with E-state index in [1.807, 2.05) is 0 Å². The molecule has 4 aromatic rings. The third-order valence-corrected chi connectivity index (χ3v) is 6.12. The Balaban J connectivity index is 1.56. The first-order chi connectivity index (χ1) is 12.4. The fraction of sp³-hybridized carbons (Fsp3) is 0.350. The summed E-state index contributed by atoms with van der Waals surface area (Å²) in [6.07, 6.45) is 6.25. The third kappa shape index (κ3) is 2.68. The van der Waals surface area contributed by atoms with Crippen LogP contribution in [0.3, 0.4) is 0 Å². The molecule has 128 valence electrons. The van der Waals surface area contributed by atoms with Gasteiger partial charge in [0.05, 0.1) is 15.9 Å². The summed E-state index contributed by atoms with van der Waals surface area (Å²) in [6.45, 7) is 4.59. The van der Waals surface area contributed by atoms with Gasteiger partial charge in [0.25, 0.3) is 0 Å². The maximum Gasteiger partial charge on any atom is 0.215 e. The van der Waals surface area contributed by atoms with Gasteiger partial charge >= 0.3 is 0 Å². The van der Waals surface area contributed by atoms with Crippen LogP contribution in [0.25, 0.3) is 27.4 Å². The van der Waals surface area contributed by atoms with Crippen LogP contribution in [-0.4, -0.2) is 38.5 Å². The molecule has 25 heavy (non-hydrogen) atoms. The largest absolute Gasteiger partial charge is 0.308 e. The number of benzene rings is 1. The number of fused-ring (bicyclic) bond motifs is 3. The topological polar surface area (TPSA) is 25.5 Å². The Morgan fingerprint density at radius 3 is 2.56 bits per heavy atom. The van der Waals surface area contributed by atoms with Gasteiger partial charge < -0.3 is 9.47 Å². The van der Waals surface area contributed by atoms with E-state index in [-0.39, 0.29) is 0 Å². The monoisotopic (exact) mass is 350 g/mol.